The molecule has 0 fully saturated rings. The van der Waals surface area contributed by atoms with Crippen LogP contribution in [0, 0.1) is 0 Å². The number of ether oxygens (including phenoxy) is 1. The van der Waals surface area contributed by atoms with Crippen molar-refractivity contribution in [3.8, 4) is 0 Å². The molecule has 0 saturated carbocycles. The number of nitrogens with one attached hydrogen (secondary N) is 1. The van der Waals surface area contributed by atoms with Gasteiger partial charge in [-0.1, -0.05) is 33.1 Å². The Morgan fingerprint density at radius 3 is 2.38 bits per heavy atom. The number of hydrogen-bond donors (Lipinski definition) is 1. The summed E-state index contributed by atoms with van der Waals surface area (Å²) in [6.45, 7) is 8.33. The SMILES string of the molecule is CCCCCCOCCNCCC. The van der Waals surface area contributed by atoms with Gasteiger partial charge in [0.15, 0.2) is 0 Å². The van der Waals surface area contributed by atoms with Crippen molar-refractivity contribution in [2.45, 2.75) is 46.0 Å². The summed E-state index contributed by atoms with van der Waals surface area (Å²) >= 11 is 0. The predicted octanol–water partition coefficient (Wildman–Crippen LogP) is 2.58. The molecule has 0 amide bonds. The van der Waals surface area contributed by atoms with Crippen LogP contribution in [0.25, 0.3) is 0 Å². The second kappa shape index (κ2) is 11.9. The molecule has 80 valence electrons. The summed E-state index contributed by atoms with van der Waals surface area (Å²) in [7, 11) is 0. The molecular weight excluding hydrogens is 162 g/mol. The average molecular weight is 187 g/mol. The molecule has 0 aromatic carbocycles. The Balaban J connectivity index is 2.76. The van der Waals surface area contributed by atoms with Crippen LogP contribution in [0.15, 0.2) is 0 Å². The first kappa shape index (κ1) is 12.9. The Bertz CT molecular complexity index is 76.2. The highest BCUT2D eigenvalue weighted by atomic mass is 16.5. The fourth-order valence-corrected chi connectivity index (χ4v) is 1.18. The lowest BCUT2D eigenvalue weighted by Gasteiger charge is -2.04. The van der Waals surface area contributed by atoms with E-state index in [1.54, 1.807) is 0 Å². The van der Waals surface area contributed by atoms with E-state index >= 15 is 0 Å². The third kappa shape index (κ3) is 11.9. The number of rotatable bonds is 10. The summed E-state index contributed by atoms with van der Waals surface area (Å²) in [6, 6.07) is 0. The molecule has 0 radical (unpaired) electrons. The molecule has 0 spiro atoms. The van der Waals surface area contributed by atoms with Gasteiger partial charge in [-0.05, 0) is 19.4 Å². The van der Waals surface area contributed by atoms with E-state index in [1.165, 1.54) is 32.1 Å². The topological polar surface area (TPSA) is 21.3 Å². The molecule has 13 heavy (non-hydrogen) atoms. The maximum Gasteiger partial charge on any atom is 0.0590 e. The van der Waals surface area contributed by atoms with Gasteiger partial charge in [0.05, 0.1) is 6.61 Å². The van der Waals surface area contributed by atoms with E-state index in [0.717, 1.165) is 26.3 Å². The smallest absolute Gasteiger partial charge is 0.0590 e. The summed E-state index contributed by atoms with van der Waals surface area (Å²) in [5.41, 5.74) is 0. The molecule has 0 rings (SSSR count). The minimum Gasteiger partial charge on any atom is -0.380 e. The molecule has 2 nitrogen and oxygen atoms in total. The molecule has 0 aliphatic heterocycles. The summed E-state index contributed by atoms with van der Waals surface area (Å²) in [6.07, 6.45) is 6.40. The van der Waals surface area contributed by atoms with Gasteiger partial charge >= 0.3 is 0 Å². The van der Waals surface area contributed by atoms with Crippen molar-refractivity contribution in [3.05, 3.63) is 0 Å². The van der Waals surface area contributed by atoms with Crippen molar-refractivity contribution in [2.75, 3.05) is 26.3 Å². The molecule has 0 heterocycles. The Hall–Kier alpha value is -0.0800. The monoisotopic (exact) mass is 187 g/mol. The highest BCUT2D eigenvalue weighted by Crippen LogP contribution is 1.98. The first-order valence-electron chi connectivity index (χ1n) is 5.70. The highest BCUT2D eigenvalue weighted by molar-refractivity contribution is 4.44. The van der Waals surface area contributed by atoms with Gasteiger partial charge in [0.25, 0.3) is 0 Å². The number of unbranched alkanes of at least 4 members (excludes halogenated alkanes) is 3. The minimum absolute atomic E-state index is 0.867. The van der Waals surface area contributed by atoms with Crippen molar-refractivity contribution in [1.29, 1.82) is 0 Å². The molecule has 1 N–H and O–H groups in total. The van der Waals surface area contributed by atoms with E-state index in [2.05, 4.69) is 19.2 Å². The largest absolute Gasteiger partial charge is 0.380 e. The van der Waals surface area contributed by atoms with Crippen molar-refractivity contribution in [2.24, 2.45) is 0 Å². The van der Waals surface area contributed by atoms with Gasteiger partial charge in [-0.2, -0.15) is 0 Å². The zero-order valence-electron chi connectivity index (χ0n) is 9.27. The first-order valence-corrected chi connectivity index (χ1v) is 5.70. The molecule has 0 aromatic heterocycles. The van der Waals surface area contributed by atoms with Gasteiger partial charge in [0.2, 0.25) is 0 Å². The normalized spacial score (nSPS) is 10.6. The Morgan fingerprint density at radius 2 is 1.69 bits per heavy atom. The van der Waals surface area contributed by atoms with E-state index in [1.807, 2.05) is 0 Å². The van der Waals surface area contributed by atoms with E-state index in [9.17, 15) is 0 Å². The van der Waals surface area contributed by atoms with Gasteiger partial charge in [0, 0.05) is 13.2 Å². The third-order valence-corrected chi connectivity index (χ3v) is 1.99. The fourth-order valence-electron chi connectivity index (χ4n) is 1.18. The molecular formula is C11H25NO. The highest BCUT2D eigenvalue weighted by Gasteiger charge is 1.89. The van der Waals surface area contributed by atoms with Crippen LogP contribution in [-0.2, 0) is 4.74 Å². The van der Waals surface area contributed by atoms with Crippen LogP contribution >= 0.6 is 0 Å². The van der Waals surface area contributed by atoms with Crippen molar-refractivity contribution < 1.29 is 4.74 Å². The quantitative estimate of drug-likeness (QED) is 0.531. The minimum atomic E-state index is 0.867. The molecule has 0 bridgehead atoms. The molecule has 0 atom stereocenters. The molecule has 0 aliphatic carbocycles. The zero-order valence-corrected chi connectivity index (χ0v) is 9.27. The zero-order chi connectivity index (χ0) is 9.78. The summed E-state index contributed by atoms with van der Waals surface area (Å²) < 4.78 is 5.46. The molecule has 0 saturated heterocycles. The van der Waals surface area contributed by atoms with Crippen LogP contribution < -0.4 is 5.32 Å². The summed E-state index contributed by atoms with van der Waals surface area (Å²) in [5.74, 6) is 0. The maximum atomic E-state index is 5.46. The predicted molar refractivity (Wildman–Crippen MR) is 58.1 cm³/mol. The van der Waals surface area contributed by atoms with Crippen LogP contribution in [0.3, 0.4) is 0 Å². The van der Waals surface area contributed by atoms with Crippen LogP contribution in [0.5, 0.6) is 0 Å². The van der Waals surface area contributed by atoms with Gasteiger partial charge in [-0.25, -0.2) is 0 Å². The molecule has 0 aliphatic rings. The van der Waals surface area contributed by atoms with E-state index in [0.29, 0.717) is 0 Å². The lowest BCUT2D eigenvalue weighted by atomic mass is 10.2. The van der Waals surface area contributed by atoms with E-state index in [4.69, 9.17) is 4.74 Å². The van der Waals surface area contributed by atoms with E-state index < -0.39 is 0 Å². The van der Waals surface area contributed by atoms with E-state index in [-0.39, 0.29) is 0 Å². The van der Waals surface area contributed by atoms with Crippen molar-refractivity contribution >= 4 is 0 Å². The maximum absolute atomic E-state index is 5.46. The lowest BCUT2D eigenvalue weighted by molar-refractivity contribution is 0.132. The number of hydrogen-bond acceptors (Lipinski definition) is 2. The Labute approximate surface area is 83.1 Å². The second-order valence-electron chi connectivity index (χ2n) is 3.42. The second-order valence-corrected chi connectivity index (χ2v) is 3.42. The van der Waals surface area contributed by atoms with Crippen LogP contribution in [0.4, 0.5) is 0 Å². The van der Waals surface area contributed by atoms with Crippen LogP contribution in [0.2, 0.25) is 0 Å². The third-order valence-electron chi connectivity index (χ3n) is 1.99. The summed E-state index contributed by atoms with van der Waals surface area (Å²) in [4.78, 5) is 0. The van der Waals surface area contributed by atoms with Gasteiger partial charge in [-0.15, -0.1) is 0 Å². The van der Waals surface area contributed by atoms with Crippen LogP contribution in [0.1, 0.15) is 46.0 Å². The summed E-state index contributed by atoms with van der Waals surface area (Å²) in [5, 5.41) is 3.31. The Morgan fingerprint density at radius 1 is 0.846 bits per heavy atom. The standard InChI is InChI=1S/C11H25NO/c1-3-5-6-7-10-13-11-9-12-8-4-2/h12H,3-11H2,1-2H3. The Kier molecular flexibility index (Phi) is 11.8. The lowest BCUT2D eigenvalue weighted by Crippen LogP contribution is -2.20. The molecule has 0 aromatic rings. The van der Waals surface area contributed by atoms with Crippen LogP contribution in [-0.4, -0.2) is 26.3 Å². The van der Waals surface area contributed by atoms with Crippen molar-refractivity contribution in [3.63, 3.8) is 0 Å². The molecule has 0 unspecified atom stereocenters. The molecule has 2 heteroatoms. The van der Waals surface area contributed by atoms with Gasteiger partial charge in [0.1, 0.15) is 0 Å². The average Bonchev–Trinajstić information content (AvgIpc) is 2.16. The first-order chi connectivity index (χ1) is 6.41. The van der Waals surface area contributed by atoms with Gasteiger partial charge < -0.3 is 10.1 Å². The van der Waals surface area contributed by atoms with Gasteiger partial charge in [-0.3, -0.25) is 0 Å². The fraction of sp³-hybridized carbons (Fsp3) is 1.00. The van der Waals surface area contributed by atoms with Crippen molar-refractivity contribution in [1.82, 2.24) is 5.32 Å².